The molecule has 4 unspecified atom stereocenters. The number of allylic oxidation sites excluding steroid dienone is 2. The molecule has 6 rings (SSSR count). The molecule has 0 spiro atoms. The molecule has 5 heteroatoms. The zero-order valence-corrected chi connectivity index (χ0v) is 17.4. The summed E-state index contributed by atoms with van der Waals surface area (Å²) >= 11 is 0. The van der Waals surface area contributed by atoms with Gasteiger partial charge in [-0.25, -0.2) is 0 Å². The molecule has 1 saturated carbocycles. The van der Waals surface area contributed by atoms with E-state index >= 15 is 0 Å². The number of fused-ring (bicyclic) bond motifs is 6. The van der Waals surface area contributed by atoms with Crippen LogP contribution in [0.15, 0.2) is 84.0 Å². The smallest absolute Gasteiger partial charge is 0.254 e. The predicted octanol–water partition coefficient (Wildman–Crippen LogP) is 4.56. The fourth-order valence-electron chi connectivity index (χ4n) is 5.39. The van der Waals surface area contributed by atoms with Crippen molar-refractivity contribution < 1.29 is 14.3 Å². The maximum atomic E-state index is 13.0. The van der Waals surface area contributed by atoms with Crippen LogP contribution in [0.4, 0.5) is 0 Å². The minimum absolute atomic E-state index is 0.170. The summed E-state index contributed by atoms with van der Waals surface area (Å²) < 4.78 is 6.13. The van der Waals surface area contributed by atoms with Gasteiger partial charge in [-0.3, -0.25) is 9.59 Å². The number of rotatable bonds is 5. The fourth-order valence-corrected chi connectivity index (χ4v) is 5.39. The number of carbonyl (C=O) groups is 2. The van der Waals surface area contributed by atoms with Crippen LogP contribution in [0.5, 0.6) is 5.75 Å². The molecule has 0 radical (unpaired) electrons. The van der Waals surface area contributed by atoms with Gasteiger partial charge >= 0.3 is 0 Å². The lowest BCUT2D eigenvalue weighted by Gasteiger charge is -2.14. The third-order valence-electron chi connectivity index (χ3n) is 6.92. The lowest BCUT2D eigenvalue weighted by molar-refractivity contribution is -0.140. The second-order valence-electron chi connectivity index (χ2n) is 8.71. The highest BCUT2D eigenvalue weighted by Crippen LogP contribution is 2.52. The first-order valence-corrected chi connectivity index (χ1v) is 11.0. The third kappa shape index (κ3) is 2.96. The van der Waals surface area contributed by atoms with E-state index in [2.05, 4.69) is 17.3 Å². The molecule has 0 N–H and O–H groups in total. The summed E-state index contributed by atoms with van der Waals surface area (Å²) in [6.45, 7) is 0.417. The van der Waals surface area contributed by atoms with Gasteiger partial charge in [0.05, 0.1) is 18.1 Å². The molecule has 2 fully saturated rings. The van der Waals surface area contributed by atoms with Gasteiger partial charge in [0.2, 0.25) is 0 Å². The molecule has 3 aromatic carbocycles. The minimum Gasteiger partial charge on any atom is -0.488 e. The van der Waals surface area contributed by atoms with Gasteiger partial charge in [-0.2, -0.15) is 10.1 Å². The van der Waals surface area contributed by atoms with Crippen molar-refractivity contribution >= 4 is 28.8 Å². The van der Waals surface area contributed by atoms with E-state index in [0.717, 1.165) is 33.3 Å². The normalized spacial score (nSPS) is 25.9. The molecule has 158 valence electrons. The molecular formula is C27H22N2O3. The van der Waals surface area contributed by atoms with E-state index in [4.69, 9.17) is 4.74 Å². The van der Waals surface area contributed by atoms with Crippen molar-refractivity contribution in [2.75, 3.05) is 0 Å². The first kappa shape index (κ1) is 19.0. The molecule has 2 amide bonds. The second-order valence-corrected chi connectivity index (χ2v) is 8.71. The Bertz CT molecular complexity index is 1250. The van der Waals surface area contributed by atoms with E-state index in [-0.39, 0.29) is 35.5 Å². The zero-order valence-electron chi connectivity index (χ0n) is 17.4. The summed E-state index contributed by atoms with van der Waals surface area (Å²) in [7, 11) is 0. The Morgan fingerprint density at radius 3 is 2.31 bits per heavy atom. The molecule has 3 aliphatic rings. The van der Waals surface area contributed by atoms with Crippen molar-refractivity contribution in [1.29, 1.82) is 0 Å². The number of amides is 2. The minimum atomic E-state index is -0.254. The summed E-state index contributed by atoms with van der Waals surface area (Å²) in [5, 5.41) is 7.49. The maximum absolute atomic E-state index is 13.0. The molecule has 4 atom stereocenters. The monoisotopic (exact) mass is 422 g/mol. The van der Waals surface area contributed by atoms with Gasteiger partial charge in [-0.15, -0.1) is 0 Å². The number of benzene rings is 3. The molecular weight excluding hydrogens is 400 g/mol. The number of hydrogen-bond acceptors (Lipinski definition) is 4. The van der Waals surface area contributed by atoms with Crippen molar-refractivity contribution in [3.8, 4) is 5.75 Å². The lowest BCUT2D eigenvalue weighted by Crippen LogP contribution is -2.28. The summed E-state index contributed by atoms with van der Waals surface area (Å²) in [6, 6.07) is 21.8. The topological polar surface area (TPSA) is 59.0 Å². The van der Waals surface area contributed by atoms with Crippen LogP contribution in [0, 0.1) is 23.7 Å². The number of hydrogen-bond donors (Lipinski definition) is 0. The number of ether oxygens (including phenoxy) is 1. The van der Waals surface area contributed by atoms with E-state index in [1.165, 1.54) is 0 Å². The van der Waals surface area contributed by atoms with E-state index in [1.54, 1.807) is 6.21 Å². The number of nitrogens with zero attached hydrogens (tertiary/aromatic N) is 2. The van der Waals surface area contributed by atoms with Crippen LogP contribution in [0.1, 0.15) is 17.5 Å². The van der Waals surface area contributed by atoms with Gasteiger partial charge in [-0.05, 0) is 40.7 Å². The first-order valence-electron chi connectivity index (χ1n) is 11.0. The SMILES string of the molecule is O=C1C2C3C=CC(C3)C2C(=O)N1N=Cc1c(OCc2ccccc2)ccc2ccccc12. The van der Waals surface area contributed by atoms with Crippen LogP contribution in [-0.2, 0) is 16.2 Å². The maximum Gasteiger partial charge on any atom is 0.254 e. The van der Waals surface area contributed by atoms with Crippen LogP contribution in [-0.4, -0.2) is 23.0 Å². The molecule has 3 aromatic rings. The fraction of sp³-hybridized carbons (Fsp3) is 0.222. The molecule has 1 aliphatic heterocycles. The Kier molecular flexibility index (Phi) is 4.42. The van der Waals surface area contributed by atoms with Crippen molar-refractivity contribution in [3.63, 3.8) is 0 Å². The van der Waals surface area contributed by atoms with Gasteiger partial charge in [0.25, 0.3) is 11.8 Å². The first-order chi connectivity index (χ1) is 15.7. The van der Waals surface area contributed by atoms with Crippen LogP contribution in [0.3, 0.4) is 0 Å². The van der Waals surface area contributed by atoms with E-state index in [0.29, 0.717) is 12.4 Å². The van der Waals surface area contributed by atoms with Crippen molar-refractivity contribution in [2.45, 2.75) is 13.0 Å². The van der Waals surface area contributed by atoms with Gasteiger partial charge in [-0.1, -0.05) is 72.8 Å². The van der Waals surface area contributed by atoms with Crippen molar-refractivity contribution in [3.05, 3.63) is 90.0 Å². The Morgan fingerprint density at radius 1 is 0.875 bits per heavy atom. The van der Waals surface area contributed by atoms with Gasteiger partial charge < -0.3 is 4.74 Å². The molecule has 2 bridgehead atoms. The largest absolute Gasteiger partial charge is 0.488 e. The van der Waals surface area contributed by atoms with Crippen LogP contribution in [0.25, 0.3) is 10.8 Å². The highest BCUT2D eigenvalue weighted by Gasteiger charge is 2.59. The van der Waals surface area contributed by atoms with Gasteiger partial charge in [0.1, 0.15) is 12.4 Å². The molecule has 5 nitrogen and oxygen atoms in total. The molecule has 1 heterocycles. The quantitative estimate of drug-likeness (QED) is 0.344. The number of hydrazone groups is 1. The van der Waals surface area contributed by atoms with Crippen molar-refractivity contribution in [1.82, 2.24) is 5.01 Å². The Balaban J connectivity index is 1.33. The Labute approximate surface area is 186 Å². The zero-order chi connectivity index (χ0) is 21.7. The van der Waals surface area contributed by atoms with E-state index < -0.39 is 0 Å². The lowest BCUT2D eigenvalue weighted by atomic mass is 9.85. The third-order valence-corrected chi connectivity index (χ3v) is 6.92. The predicted molar refractivity (Wildman–Crippen MR) is 122 cm³/mol. The number of carbonyl (C=O) groups excluding carboxylic acids is 2. The Hall–Kier alpha value is -3.73. The summed E-state index contributed by atoms with van der Waals surface area (Å²) in [4.78, 5) is 26.0. The van der Waals surface area contributed by atoms with Crippen LogP contribution < -0.4 is 4.74 Å². The van der Waals surface area contributed by atoms with Crippen LogP contribution in [0.2, 0.25) is 0 Å². The van der Waals surface area contributed by atoms with E-state index in [1.807, 2.05) is 66.7 Å². The Morgan fingerprint density at radius 2 is 1.56 bits per heavy atom. The molecule has 2 aliphatic carbocycles. The summed E-state index contributed by atoms with van der Waals surface area (Å²) in [6.07, 6.45) is 6.69. The van der Waals surface area contributed by atoms with Crippen molar-refractivity contribution in [2.24, 2.45) is 28.8 Å². The average molecular weight is 422 g/mol. The summed E-state index contributed by atoms with van der Waals surface area (Å²) in [5.74, 6) is 0.136. The standard InChI is InChI=1S/C27H22N2O3/c30-26-24-19-10-11-20(14-19)25(24)27(31)29(26)28-15-22-21-9-5-4-8-18(21)12-13-23(22)32-16-17-6-2-1-3-7-17/h1-13,15,19-20,24-25H,14,16H2. The van der Waals surface area contributed by atoms with E-state index in [9.17, 15) is 9.59 Å². The summed E-state index contributed by atoms with van der Waals surface area (Å²) in [5.41, 5.74) is 1.82. The highest BCUT2D eigenvalue weighted by atomic mass is 16.5. The van der Waals surface area contributed by atoms with Gasteiger partial charge in [0, 0.05) is 5.56 Å². The molecule has 32 heavy (non-hydrogen) atoms. The van der Waals surface area contributed by atoms with Crippen LogP contribution >= 0.6 is 0 Å². The highest BCUT2D eigenvalue weighted by molar-refractivity contribution is 6.08. The molecule has 1 saturated heterocycles. The molecule has 0 aromatic heterocycles. The average Bonchev–Trinajstić information content (AvgIpc) is 3.51. The van der Waals surface area contributed by atoms with Gasteiger partial charge in [0.15, 0.2) is 0 Å². The second kappa shape index (κ2) is 7.45. The number of imide groups is 1.